The van der Waals surface area contributed by atoms with Crippen molar-refractivity contribution in [1.82, 2.24) is 9.97 Å². The molecule has 0 N–H and O–H groups in total. The van der Waals surface area contributed by atoms with Gasteiger partial charge in [-0.15, -0.1) is 0 Å². The molecular formula is C44H48N6. The predicted octanol–water partition coefficient (Wildman–Crippen LogP) is 9.42. The Morgan fingerprint density at radius 3 is 0.620 bits per heavy atom. The van der Waals surface area contributed by atoms with E-state index in [1.807, 2.05) is 56.4 Å². The van der Waals surface area contributed by atoms with Crippen molar-refractivity contribution in [2.75, 3.05) is 76.0 Å². The monoisotopic (exact) mass is 660 g/mol. The minimum atomic E-state index is 0.790. The number of hydrogen-bond acceptors (Lipinski definition) is 6. The second kappa shape index (κ2) is 16.5. The quantitative estimate of drug-likeness (QED) is 0.133. The Hall–Kier alpha value is -5.88. The third kappa shape index (κ3) is 9.60. The molecule has 0 aliphatic rings. The average molecular weight is 661 g/mol. The van der Waals surface area contributed by atoms with Gasteiger partial charge >= 0.3 is 0 Å². The molecule has 5 rings (SSSR count). The average Bonchev–Trinajstić information content (AvgIpc) is 3.12. The van der Waals surface area contributed by atoms with Gasteiger partial charge in [0, 0.05) is 79.1 Å². The van der Waals surface area contributed by atoms with Gasteiger partial charge in [0.15, 0.2) is 0 Å². The van der Waals surface area contributed by atoms with Gasteiger partial charge in [-0.25, -0.2) is 9.97 Å². The molecular weight excluding hydrogens is 613 g/mol. The van der Waals surface area contributed by atoms with Crippen molar-refractivity contribution < 1.29 is 0 Å². The molecule has 0 spiro atoms. The maximum Gasteiger partial charge on any atom is 0.0894 e. The van der Waals surface area contributed by atoms with Crippen molar-refractivity contribution in [3.63, 3.8) is 0 Å². The SMILES string of the molecule is CN(C)c1ccc(C=Cc2nc(C=Cc3ccc(N(C)C)cc3)c(C=Cc3ccc(N(C)C)cc3)nc2C=Cc2ccc(N(C)C)cc2)cc1. The third-order valence-electron chi connectivity index (χ3n) is 8.38. The van der Waals surface area contributed by atoms with Gasteiger partial charge in [-0.1, -0.05) is 72.8 Å². The van der Waals surface area contributed by atoms with Crippen LogP contribution in [0.3, 0.4) is 0 Å². The van der Waals surface area contributed by atoms with Crippen LogP contribution in [0.4, 0.5) is 22.7 Å². The van der Waals surface area contributed by atoms with Crippen LogP contribution >= 0.6 is 0 Å². The molecule has 0 fully saturated rings. The summed E-state index contributed by atoms with van der Waals surface area (Å²) in [6.07, 6.45) is 16.6. The summed E-state index contributed by atoms with van der Waals surface area (Å²) in [5.74, 6) is 0. The maximum absolute atomic E-state index is 5.23. The molecule has 1 aromatic heterocycles. The van der Waals surface area contributed by atoms with Crippen LogP contribution in [0.25, 0.3) is 48.6 Å². The van der Waals surface area contributed by atoms with Crippen molar-refractivity contribution in [3.05, 3.63) is 142 Å². The molecule has 0 saturated heterocycles. The fourth-order valence-electron chi connectivity index (χ4n) is 5.21. The van der Waals surface area contributed by atoms with Crippen molar-refractivity contribution in [3.8, 4) is 0 Å². The van der Waals surface area contributed by atoms with Crippen molar-refractivity contribution in [1.29, 1.82) is 0 Å². The lowest BCUT2D eigenvalue weighted by Gasteiger charge is -2.12. The van der Waals surface area contributed by atoms with Gasteiger partial charge in [0.05, 0.1) is 22.8 Å². The Balaban J connectivity index is 1.59. The number of benzene rings is 4. The van der Waals surface area contributed by atoms with E-state index < -0.39 is 0 Å². The van der Waals surface area contributed by atoms with Crippen LogP contribution in [0, 0.1) is 0 Å². The number of rotatable bonds is 12. The molecule has 0 bridgehead atoms. The minimum absolute atomic E-state index is 0.790. The molecule has 50 heavy (non-hydrogen) atoms. The molecule has 6 heteroatoms. The van der Waals surface area contributed by atoms with E-state index in [4.69, 9.17) is 9.97 Å². The summed E-state index contributed by atoms with van der Waals surface area (Å²) in [6.45, 7) is 0. The summed E-state index contributed by atoms with van der Waals surface area (Å²) in [6, 6.07) is 34.0. The summed E-state index contributed by atoms with van der Waals surface area (Å²) >= 11 is 0. The van der Waals surface area contributed by atoms with Crippen LogP contribution < -0.4 is 19.6 Å². The van der Waals surface area contributed by atoms with E-state index in [0.29, 0.717) is 0 Å². The van der Waals surface area contributed by atoms with Crippen molar-refractivity contribution in [2.24, 2.45) is 0 Å². The number of anilines is 4. The molecule has 0 aliphatic heterocycles. The van der Waals surface area contributed by atoms with Gasteiger partial charge in [-0.3, -0.25) is 0 Å². The fourth-order valence-corrected chi connectivity index (χ4v) is 5.21. The highest BCUT2D eigenvalue weighted by Gasteiger charge is 2.09. The van der Waals surface area contributed by atoms with E-state index in [2.05, 4.69) is 165 Å². The number of aromatic nitrogens is 2. The Morgan fingerprint density at radius 2 is 0.460 bits per heavy atom. The first kappa shape index (κ1) is 35.4. The fraction of sp³-hybridized carbons (Fsp3) is 0.182. The van der Waals surface area contributed by atoms with Gasteiger partial charge in [0.1, 0.15) is 0 Å². The van der Waals surface area contributed by atoms with E-state index in [-0.39, 0.29) is 0 Å². The van der Waals surface area contributed by atoms with Gasteiger partial charge in [0.2, 0.25) is 0 Å². The van der Waals surface area contributed by atoms with Gasteiger partial charge in [-0.2, -0.15) is 0 Å². The first-order chi connectivity index (χ1) is 24.0. The predicted molar refractivity (Wildman–Crippen MR) is 221 cm³/mol. The first-order valence-corrected chi connectivity index (χ1v) is 16.8. The molecule has 0 radical (unpaired) electrons. The van der Waals surface area contributed by atoms with Crippen LogP contribution in [0.15, 0.2) is 97.1 Å². The van der Waals surface area contributed by atoms with Gasteiger partial charge in [0.25, 0.3) is 0 Å². The summed E-state index contributed by atoms with van der Waals surface area (Å²) < 4.78 is 0. The zero-order valence-electron chi connectivity index (χ0n) is 30.5. The summed E-state index contributed by atoms with van der Waals surface area (Å²) in [4.78, 5) is 18.8. The topological polar surface area (TPSA) is 38.7 Å². The van der Waals surface area contributed by atoms with Crippen molar-refractivity contribution in [2.45, 2.75) is 0 Å². The molecule has 6 nitrogen and oxygen atoms in total. The Bertz CT molecular complexity index is 1670. The van der Waals surface area contributed by atoms with E-state index >= 15 is 0 Å². The molecule has 0 saturated carbocycles. The van der Waals surface area contributed by atoms with E-state index in [1.165, 1.54) is 0 Å². The lowest BCUT2D eigenvalue weighted by molar-refractivity contribution is 1.12. The smallest absolute Gasteiger partial charge is 0.0894 e. The van der Waals surface area contributed by atoms with E-state index in [0.717, 1.165) is 67.8 Å². The molecule has 4 aromatic carbocycles. The Kier molecular flexibility index (Phi) is 11.7. The molecule has 254 valence electrons. The van der Waals surface area contributed by atoms with Crippen LogP contribution in [-0.4, -0.2) is 66.3 Å². The lowest BCUT2D eigenvalue weighted by Crippen LogP contribution is -2.07. The molecule has 0 atom stereocenters. The van der Waals surface area contributed by atoms with Crippen LogP contribution in [-0.2, 0) is 0 Å². The number of nitrogens with zero attached hydrogens (tertiary/aromatic N) is 6. The standard InChI is InChI=1S/C44H48N6/c1-47(2)37-21-9-33(10-22-37)17-29-41-42(30-18-34-11-23-38(24-12-34)48(3)4)46-44(32-20-36-15-27-40(28-16-36)50(7)8)43(45-41)31-19-35-13-25-39(26-14-35)49(5)6/h9-32H,1-8H3. The molecule has 0 amide bonds. The lowest BCUT2D eigenvalue weighted by atomic mass is 10.1. The largest absolute Gasteiger partial charge is 0.378 e. The first-order valence-electron chi connectivity index (χ1n) is 16.8. The maximum atomic E-state index is 5.23. The summed E-state index contributed by atoms with van der Waals surface area (Å²) in [5.41, 5.74) is 12.2. The van der Waals surface area contributed by atoms with Gasteiger partial charge in [-0.05, 0) is 95.1 Å². The highest BCUT2D eigenvalue weighted by molar-refractivity contribution is 5.82. The Labute approximate surface area is 298 Å². The highest BCUT2D eigenvalue weighted by atomic mass is 15.1. The summed E-state index contributed by atoms with van der Waals surface area (Å²) in [5, 5.41) is 0. The molecule has 0 unspecified atom stereocenters. The van der Waals surface area contributed by atoms with Crippen LogP contribution in [0.5, 0.6) is 0 Å². The summed E-state index contributed by atoms with van der Waals surface area (Å²) in [7, 11) is 16.4. The zero-order valence-corrected chi connectivity index (χ0v) is 30.5. The van der Waals surface area contributed by atoms with Crippen molar-refractivity contribution >= 4 is 71.4 Å². The highest BCUT2D eigenvalue weighted by Crippen LogP contribution is 2.23. The normalized spacial score (nSPS) is 11.7. The molecule has 0 aliphatic carbocycles. The van der Waals surface area contributed by atoms with E-state index in [9.17, 15) is 0 Å². The third-order valence-corrected chi connectivity index (χ3v) is 8.38. The number of hydrogen-bond donors (Lipinski definition) is 0. The minimum Gasteiger partial charge on any atom is -0.378 e. The molecule has 5 aromatic rings. The van der Waals surface area contributed by atoms with Crippen LogP contribution in [0.2, 0.25) is 0 Å². The van der Waals surface area contributed by atoms with Gasteiger partial charge < -0.3 is 19.6 Å². The van der Waals surface area contributed by atoms with Crippen LogP contribution in [0.1, 0.15) is 45.0 Å². The second-order valence-electron chi connectivity index (χ2n) is 13.0. The molecule has 1 heterocycles. The van der Waals surface area contributed by atoms with E-state index in [1.54, 1.807) is 0 Å². The zero-order chi connectivity index (χ0) is 35.6. The Morgan fingerprint density at radius 1 is 0.280 bits per heavy atom. The second-order valence-corrected chi connectivity index (χ2v) is 13.0.